The molecular formula is C17H21N3O4. The summed E-state index contributed by atoms with van der Waals surface area (Å²) in [6.07, 6.45) is 3.24. The molecule has 0 bridgehead atoms. The molecule has 0 radical (unpaired) electrons. The third-order valence-corrected chi connectivity index (χ3v) is 3.25. The normalized spacial score (nSPS) is 11.1. The maximum atomic E-state index is 12.2. The highest BCUT2D eigenvalue weighted by molar-refractivity contribution is 5.93. The first-order valence-electron chi connectivity index (χ1n) is 7.52. The van der Waals surface area contributed by atoms with E-state index >= 15 is 0 Å². The quantitative estimate of drug-likeness (QED) is 0.845. The highest BCUT2D eigenvalue weighted by Crippen LogP contribution is 2.15. The molecule has 7 nitrogen and oxygen atoms in total. The van der Waals surface area contributed by atoms with E-state index in [0.29, 0.717) is 17.9 Å². The minimum absolute atomic E-state index is 0.186. The number of carboxylic acid groups (broad SMARTS) is 1. The number of nitrogens with zero attached hydrogens (tertiary/aromatic N) is 2. The zero-order valence-corrected chi connectivity index (χ0v) is 13.9. The van der Waals surface area contributed by atoms with Crippen molar-refractivity contribution in [2.24, 2.45) is 0 Å². The monoisotopic (exact) mass is 331 g/mol. The average molecular weight is 331 g/mol. The predicted octanol–water partition coefficient (Wildman–Crippen LogP) is 2.03. The van der Waals surface area contributed by atoms with Crippen LogP contribution in [0.1, 0.15) is 36.7 Å². The van der Waals surface area contributed by atoms with Crippen LogP contribution in [0, 0.1) is 0 Å². The lowest BCUT2D eigenvalue weighted by atomic mass is 10.1. The summed E-state index contributed by atoms with van der Waals surface area (Å²) >= 11 is 0. The number of benzene rings is 1. The second-order valence-corrected chi connectivity index (χ2v) is 6.36. The Morgan fingerprint density at radius 3 is 2.71 bits per heavy atom. The van der Waals surface area contributed by atoms with Gasteiger partial charge < -0.3 is 15.2 Å². The van der Waals surface area contributed by atoms with E-state index in [9.17, 15) is 9.59 Å². The third kappa shape index (κ3) is 4.84. The molecule has 24 heavy (non-hydrogen) atoms. The molecule has 7 heteroatoms. The summed E-state index contributed by atoms with van der Waals surface area (Å²) in [5, 5.41) is 15.6. The van der Waals surface area contributed by atoms with E-state index in [0.717, 1.165) is 5.56 Å². The SMILES string of the molecule is CC(C)(C)n1cc(C(=O)NCc2cccc(OCC(=O)O)c2)cn1. The Balaban J connectivity index is 1.95. The first-order valence-corrected chi connectivity index (χ1v) is 7.52. The lowest BCUT2D eigenvalue weighted by molar-refractivity contribution is -0.139. The molecule has 2 N–H and O–H groups in total. The van der Waals surface area contributed by atoms with E-state index < -0.39 is 12.6 Å². The van der Waals surface area contributed by atoms with Gasteiger partial charge in [0.25, 0.3) is 5.91 Å². The fourth-order valence-electron chi connectivity index (χ4n) is 1.98. The van der Waals surface area contributed by atoms with Gasteiger partial charge in [-0.05, 0) is 38.5 Å². The van der Waals surface area contributed by atoms with E-state index in [1.54, 1.807) is 29.1 Å². The number of carbonyl (C=O) groups is 2. The van der Waals surface area contributed by atoms with Crippen LogP contribution in [0.15, 0.2) is 36.7 Å². The number of nitrogens with one attached hydrogen (secondary N) is 1. The zero-order chi connectivity index (χ0) is 17.7. The molecule has 0 atom stereocenters. The van der Waals surface area contributed by atoms with Gasteiger partial charge >= 0.3 is 5.97 Å². The second kappa shape index (κ2) is 7.16. The Bertz CT molecular complexity index is 731. The largest absolute Gasteiger partial charge is 0.482 e. The van der Waals surface area contributed by atoms with Gasteiger partial charge in [-0.25, -0.2) is 4.79 Å². The predicted molar refractivity (Wildman–Crippen MR) is 88.0 cm³/mol. The molecule has 0 aliphatic rings. The molecule has 0 saturated carbocycles. The number of hydrogen-bond donors (Lipinski definition) is 2. The fraction of sp³-hybridized carbons (Fsp3) is 0.353. The van der Waals surface area contributed by atoms with Crippen molar-refractivity contribution in [3.05, 3.63) is 47.8 Å². The zero-order valence-electron chi connectivity index (χ0n) is 13.9. The van der Waals surface area contributed by atoms with Crippen LogP contribution in [0.3, 0.4) is 0 Å². The van der Waals surface area contributed by atoms with Crippen LogP contribution in [0.4, 0.5) is 0 Å². The van der Waals surface area contributed by atoms with Gasteiger partial charge in [-0.1, -0.05) is 12.1 Å². The van der Waals surface area contributed by atoms with E-state index in [2.05, 4.69) is 10.4 Å². The first kappa shape index (κ1) is 17.5. The number of ether oxygens (including phenoxy) is 1. The van der Waals surface area contributed by atoms with Gasteiger partial charge in [0.05, 0.1) is 17.3 Å². The van der Waals surface area contributed by atoms with Crippen LogP contribution in [-0.2, 0) is 16.9 Å². The lowest BCUT2D eigenvalue weighted by Crippen LogP contribution is -2.24. The van der Waals surface area contributed by atoms with Crippen LogP contribution in [0.25, 0.3) is 0 Å². The Morgan fingerprint density at radius 1 is 1.33 bits per heavy atom. The Morgan fingerprint density at radius 2 is 2.08 bits per heavy atom. The molecule has 0 aliphatic carbocycles. The molecule has 1 aromatic carbocycles. The van der Waals surface area contributed by atoms with Crippen LogP contribution < -0.4 is 10.1 Å². The standard InChI is InChI=1S/C17H21N3O4/c1-17(2,3)20-10-13(9-19-20)16(23)18-8-12-5-4-6-14(7-12)24-11-15(21)22/h4-7,9-10H,8,11H2,1-3H3,(H,18,23)(H,21,22). The summed E-state index contributed by atoms with van der Waals surface area (Å²) in [6.45, 7) is 5.92. The van der Waals surface area contributed by atoms with Crippen molar-refractivity contribution >= 4 is 11.9 Å². The molecule has 1 amide bonds. The van der Waals surface area contributed by atoms with E-state index in [1.165, 1.54) is 6.20 Å². The van der Waals surface area contributed by atoms with Crippen molar-refractivity contribution in [1.29, 1.82) is 0 Å². The highest BCUT2D eigenvalue weighted by Gasteiger charge is 2.16. The molecule has 0 saturated heterocycles. The van der Waals surface area contributed by atoms with Gasteiger partial charge in [0.1, 0.15) is 5.75 Å². The molecular weight excluding hydrogens is 310 g/mol. The summed E-state index contributed by atoms with van der Waals surface area (Å²) < 4.78 is 6.85. The average Bonchev–Trinajstić information content (AvgIpc) is 3.01. The molecule has 1 aromatic heterocycles. The van der Waals surface area contributed by atoms with Gasteiger partial charge in [0, 0.05) is 12.7 Å². The lowest BCUT2D eigenvalue weighted by Gasteiger charge is -2.18. The Kier molecular flexibility index (Phi) is 5.23. The number of carbonyl (C=O) groups excluding carboxylic acids is 1. The van der Waals surface area contributed by atoms with Crippen LogP contribution in [0.5, 0.6) is 5.75 Å². The van der Waals surface area contributed by atoms with E-state index in [-0.39, 0.29) is 11.4 Å². The van der Waals surface area contributed by atoms with Gasteiger partial charge in [0.2, 0.25) is 0 Å². The third-order valence-electron chi connectivity index (χ3n) is 3.25. The van der Waals surface area contributed by atoms with Crippen molar-refractivity contribution < 1.29 is 19.4 Å². The fourth-order valence-corrected chi connectivity index (χ4v) is 1.98. The molecule has 2 aromatic rings. The van der Waals surface area contributed by atoms with Gasteiger partial charge in [0.15, 0.2) is 6.61 Å². The summed E-state index contributed by atoms with van der Waals surface area (Å²) in [4.78, 5) is 22.7. The number of aliphatic carboxylic acids is 1. The van der Waals surface area contributed by atoms with Crippen LogP contribution in [0.2, 0.25) is 0 Å². The molecule has 2 rings (SSSR count). The molecule has 0 aliphatic heterocycles. The number of rotatable bonds is 6. The Labute approximate surface area is 140 Å². The number of amides is 1. The minimum Gasteiger partial charge on any atom is -0.482 e. The van der Waals surface area contributed by atoms with E-state index in [1.807, 2.05) is 26.8 Å². The van der Waals surface area contributed by atoms with Crippen molar-refractivity contribution in [3.63, 3.8) is 0 Å². The van der Waals surface area contributed by atoms with Crippen LogP contribution in [-0.4, -0.2) is 33.4 Å². The topological polar surface area (TPSA) is 93.5 Å². The molecule has 1 heterocycles. The highest BCUT2D eigenvalue weighted by atomic mass is 16.5. The maximum Gasteiger partial charge on any atom is 0.341 e. The molecule has 128 valence electrons. The summed E-state index contributed by atoms with van der Waals surface area (Å²) in [5.41, 5.74) is 1.12. The van der Waals surface area contributed by atoms with Crippen LogP contribution >= 0.6 is 0 Å². The van der Waals surface area contributed by atoms with Crippen molar-refractivity contribution in [2.45, 2.75) is 32.9 Å². The maximum absolute atomic E-state index is 12.2. The van der Waals surface area contributed by atoms with Gasteiger partial charge in [-0.2, -0.15) is 5.10 Å². The molecule has 0 spiro atoms. The van der Waals surface area contributed by atoms with Crippen molar-refractivity contribution in [2.75, 3.05) is 6.61 Å². The van der Waals surface area contributed by atoms with Crippen molar-refractivity contribution in [1.82, 2.24) is 15.1 Å². The smallest absolute Gasteiger partial charge is 0.341 e. The Hall–Kier alpha value is -2.83. The van der Waals surface area contributed by atoms with Gasteiger partial charge in [-0.15, -0.1) is 0 Å². The first-order chi connectivity index (χ1) is 11.3. The second-order valence-electron chi connectivity index (χ2n) is 6.36. The minimum atomic E-state index is -1.04. The number of hydrogen-bond acceptors (Lipinski definition) is 4. The summed E-state index contributed by atoms with van der Waals surface area (Å²) in [7, 11) is 0. The van der Waals surface area contributed by atoms with Gasteiger partial charge in [-0.3, -0.25) is 9.48 Å². The molecule has 0 fully saturated rings. The summed E-state index contributed by atoms with van der Waals surface area (Å²) in [5.74, 6) is -0.809. The molecule has 0 unspecified atom stereocenters. The summed E-state index contributed by atoms with van der Waals surface area (Å²) in [6, 6.07) is 6.94. The number of aromatic nitrogens is 2. The van der Waals surface area contributed by atoms with Crippen molar-refractivity contribution in [3.8, 4) is 5.75 Å². The number of carboxylic acids is 1. The van der Waals surface area contributed by atoms with E-state index in [4.69, 9.17) is 9.84 Å².